The Balaban J connectivity index is 0.000000638. The van der Waals surface area contributed by atoms with E-state index in [4.69, 9.17) is 9.90 Å². The molecular weight excluding hydrogens is 500 g/mol. The summed E-state index contributed by atoms with van der Waals surface area (Å²) in [6.45, 7) is 6.59. The molecule has 1 fully saturated rings. The topological polar surface area (TPSA) is 154 Å². The molecule has 0 radical (unpaired) electrons. The minimum atomic E-state index is -0.745. The quantitative estimate of drug-likeness (QED) is 0.273. The predicted octanol–water partition coefficient (Wildman–Crippen LogP) is 1.82. The Morgan fingerprint density at radius 3 is 2.10 bits per heavy atom. The van der Waals surface area contributed by atoms with E-state index in [0.717, 1.165) is 5.56 Å². The van der Waals surface area contributed by atoms with Gasteiger partial charge < -0.3 is 31.2 Å². The first-order valence-electron chi connectivity index (χ1n) is 12.9. The fourth-order valence-corrected chi connectivity index (χ4v) is 3.85. The number of carbonyl (C=O) groups excluding carboxylic acids is 4. The SMILES string of the molecule is CC(C)C(NCc1ccccc1)C(=O)NCC(=O)NC(C=O)CC1CCNC1=O.Cc1ccccc1.O=CO. The molecular formula is C29H40N4O6. The molecule has 1 heterocycles. The average Bonchev–Trinajstić information content (AvgIpc) is 3.33. The summed E-state index contributed by atoms with van der Waals surface area (Å²) in [6.07, 6.45) is 1.55. The molecule has 1 aliphatic heterocycles. The van der Waals surface area contributed by atoms with Gasteiger partial charge in [-0.3, -0.25) is 19.2 Å². The standard InChI is InChI=1S/C21H30N4O4.C7H8.CH2O2/c1-14(2)19(23-11-15-6-4-3-5-7-15)21(29)24-12-18(27)25-17(13-26)10-16-8-9-22-20(16)28;1-7-5-3-2-4-6-7;2-1-3/h3-7,13-14,16-17,19,23H,8-12H2,1-2H3,(H,22,28)(H,24,29)(H,25,27);2-6H,1H3;1H,(H,2,3). The summed E-state index contributed by atoms with van der Waals surface area (Å²) in [5.41, 5.74) is 2.39. The van der Waals surface area contributed by atoms with E-state index in [-0.39, 0.29) is 43.1 Å². The zero-order chi connectivity index (χ0) is 29.0. The van der Waals surface area contributed by atoms with Crippen LogP contribution in [0.3, 0.4) is 0 Å². The molecule has 0 bridgehead atoms. The minimum absolute atomic E-state index is 0.0328. The minimum Gasteiger partial charge on any atom is -0.483 e. The first kappa shape index (κ1) is 33.0. The number of hydrogen-bond acceptors (Lipinski definition) is 6. The summed E-state index contributed by atoms with van der Waals surface area (Å²) < 4.78 is 0. The number of benzene rings is 2. The molecule has 10 nitrogen and oxygen atoms in total. The largest absolute Gasteiger partial charge is 0.483 e. The number of aldehydes is 1. The number of aryl methyl sites for hydroxylation is 1. The molecule has 2 aromatic carbocycles. The maximum absolute atomic E-state index is 12.5. The molecule has 3 amide bonds. The van der Waals surface area contributed by atoms with Crippen molar-refractivity contribution in [3.63, 3.8) is 0 Å². The van der Waals surface area contributed by atoms with Gasteiger partial charge in [0.25, 0.3) is 6.47 Å². The normalized spacial score (nSPS) is 15.3. The van der Waals surface area contributed by atoms with Gasteiger partial charge in [-0.1, -0.05) is 80.1 Å². The van der Waals surface area contributed by atoms with Gasteiger partial charge >= 0.3 is 0 Å². The highest BCUT2D eigenvalue weighted by molar-refractivity contribution is 5.88. The van der Waals surface area contributed by atoms with Crippen molar-refractivity contribution in [2.45, 2.75) is 52.2 Å². The Morgan fingerprint density at radius 1 is 1.05 bits per heavy atom. The molecule has 3 rings (SSSR count). The second-order valence-corrected chi connectivity index (χ2v) is 9.39. The number of amides is 3. The van der Waals surface area contributed by atoms with Crippen molar-refractivity contribution in [1.82, 2.24) is 21.3 Å². The van der Waals surface area contributed by atoms with E-state index in [9.17, 15) is 19.2 Å². The van der Waals surface area contributed by atoms with Gasteiger partial charge in [-0.15, -0.1) is 0 Å². The number of rotatable bonds is 11. The van der Waals surface area contributed by atoms with Crippen LogP contribution in [0.25, 0.3) is 0 Å². The summed E-state index contributed by atoms with van der Waals surface area (Å²) in [4.78, 5) is 55.9. The van der Waals surface area contributed by atoms with Crippen LogP contribution in [0.4, 0.5) is 0 Å². The molecule has 5 N–H and O–H groups in total. The van der Waals surface area contributed by atoms with Crippen LogP contribution >= 0.6 is 0 Å². The van der Waals surface area contributed by atoms with Gasteiger partial charge in [-0.05, 0) is 31.2 Å². The number of carbonyl (C=O) groups is 5. The van der Waals surface area contributed by atoms with E-state index in [1.54, 1.807) is 0 Å². The molecule has 1 aliphatic rings. The molecule has 3 atom stereocenters. The zero-order valence-electron chi connectivity index (χ0n) is 22.8. The molecule has 212 valence electrons. The number of hydrogen-bond donors (Lipinski definition) is 5. The molecule has 0 aliphatic carbocycles. The molecule has 10 heteroatoms. The van der Waals surface area contributed by atoms with Gasteiger partial charge in [-0.2, -0.15) is 0 Å². The summed E-state index contributed by atoms with van der Waals surface area (Å²) in [7, 11) is 0. The van der Waals surface area contributed by atoms with Crippen LogP contribution in [0.1, 0.15) is 37.8 Å². The summed E-state index contributed by atoms with van der Waals surface area (Å²) in [6, 6.07) is 18.8. The summed E-state index contributed by atoms with van der Waals surface area (Å²) in [5, 5.41) is 18.0. The van der Waals surface area contributed by atoms with Crippen LogP contribution in [0.2, 0.25) is 0 Å². The highest BCUT2D eigenvalue weighted by Gasteiger charge is 2.28. The van der Waals surface area contributed by atoms with Crippen molar-refractivity contribution in [1.29, 1.82) is 0 Å². The van der Waals surface area contributed by atoms with Crippen LogP contribution in [-0.4, -0.2) is 60.8 Å². The third kappa shape index (κ3) is 13.9. The monoisotopic (exact) mass is 540 g/mol. The molecule has 0 spiro atoms. The Hall–Kier alpha value is -4.05. The number of nitrogens with one attached hydrogen (secondary N) is 4. The van der Waals surface area contributed by atoms with Gasteiger partial charge in [0.05, 0.1) is 18.6 Å². The van der Waals surface area contributed by atoms with Gasteiger partial charge in [0.2, 0.25) is 17.7 Å². The molecule has 39 heavy (non-hydrogen) atoms. The lowest BCUT2D eigenvalue weighted by atomic mass is 9.99. The van der Waals surface area contributed by atoms with E-state index in [2.05, 4.69) is 40.3 Å². The van der Waals surface area contributed by atoms with Crippen molar-refractivity contribution in [3.8, 4) is 0 Å². The second kappa shape index (κ2) is 19.1. The van der Waals surface area contributed by atoms with Crippen molar-refractivity contribution in [2.24, 2.45) is 11.8 Å². The van der Waals surface area contributed by atoms with Crippen LogP contribution < -0.4 is 21.3 Å². The van der Waals surface area contributed by atoms with Crippen molar-refractivity contribution < 1.29 is 29.1 Å². The fraction of sp³-hybridized carbons (Fsp3) is 0.414. The van der Waals surface area contributed by atoms with Crippen LogP contribution in [0, 0.1) is 18.8 Å². The summed E-state index contributed by atoms with van der Waals surface area (Å²) >= 11 is 0. The second-order valence-electron chi connectivity index (χ2n) is 9.39. The van der Waals surface area contributed by atoms with Crippen LogP contribution in [-0.2, 0) is 30.5 Å². The lowest BCUT2D eigenvalue weighted by Crippen LogP contribution is -2.50. The third-order valence-corrected chi connectivity index (χ3v) is 5.89. The van der Waals surface area contributed by atoms with Crippen molar-refractivity contribution >= 4 is 30.5 Å². The van der Waals surface area contributed by atoms with Crippen LogP contribution in [0.5, 0.6) is 0 Å². The van der Waals surface area contributed by atoms with E-state index in [1.165, 1.54) is 5.56 Å². The van der Waals surface area contributed by atoms with Gasteiger partial charge in [0.1, 0.15) is 6.29 Å². The molecule has 0 saturated carbocycles. The third-order valence-electron chi connectivity index (χ3n) is 5.89. The van der Waals surface area contributed by atoms with Crippen LogP contribution in [0.15, 0.2) is 60.7 Å². The zero-order valence-corrected chi connectivity index (χ0v) is 22.8. The highest BCUT2D eigenvalue weighted by atomic mass is 16.3. The van der Waals surface area contributed by atoms with Gasteiger partial charge in [0.15, 0.2) is 0 Å². The smallest absolute Gasteiger partial charge is 0.290 e. The first-order valence-corrected chi connectivity index (χ1v) is 12.9. The highest BCUT2D eigenvalue weighted by Crippen LogP contribution is 2.15. The molecule has 1 saturated heterocycles. The Bertz CT molecular complexity index is 1020. The maximum atomic E-state index is 12.5. The molecule has 0 aromatic heterocycles. The predicted molar refractivity (Wildman–Crippen MR) is 149 cm³/mol. The van der Waals surface area contributed by atoms with Crippen molar-refractivity contribution in [2.75, 3.05) is 13.1 Å². The van der Waals surface area contributed by atoms with Crippen molar-refractivity contribution in [3.05, 3.63) is 71.8 Å². The molecule has 2 aromatic rings. The molecule has 3 unspecified atom stereocenters. The Kier molecular flexibility index (Phi) is 16.1. The lowest BCUT2D eigenvalue weighted by Gasteiger charge is -2.22. The van der Waals surface area contributed by atoms with E-state index in [0.29, 0.717) is 25.8 Å². The fourth-order valence-electron chi connectivity index (χ4n) is 3.85. The van der Waals surface area contributed by atoms with Gasteiger partial charge in [0, 0.05) is 19.0 Å². The lowest BCUT2D eigenvalue weighted by molar-refractivity contribution is -0.129. The summed E-state index contributed by atoms with van der Waals surface area (Å²) in [5.74, 6) is -1.06. The van der Waals surface area contributed by atoms with Gasteiger partial charge in [-0.25, -0.2) is 0 Å². The van der Waals surface area contributed by atoms with E-state index < -0.39 is 18.0 Å². The Morgan fingerprint density at radius 2 is 1.64 bits per heavy atom. The first-order chi connectivity index (χ1) is 18.7. The maximum Gasteiger partial charge on any atom is 0.290 e. The Labute approximate surface area is 229 Å². The van der Waals surface area contributed by atoms with E-state index >= 15 is 0 Å². The number of carboxylic acid groups (broad SMARTS) is 1. The van der Waals surface area contributed by atoms with E-state index in [1.807, 2.05) is 62.4 Å². The average molecular weight is 541 g/mol.